The zero-order chi connectivity index (χ0) is 19.2. The molecule has 0 saturated carbocycles. The molecule has 1 rings (SSSR count). The van der Waals surface area contributed by atoms with Crippen LogP contribution in [0.2, 0.25) is 0 Å². The van der Waals surface area contributed by atoms with Crippen LogP contribution in [0.5, 0.6) is 0 Å². The van der Waals surface area contributed by atoms with Gasteiger partial charge in [0.2, 0.25) is 0 Å². The van der Waals surface area contributed by atoms with Crippen LogP contribution >= 0.6 is 0 Å². The second-order valence-corrected chi connectivity index (χ2v) is 10.2. The summed E-state index contributed by atoms with van der Waals surface area (Å²) in [4.78, 5) is 12.3. The highest BCUT2D eigenvalue weighted by Crippen LogP contribution is 2.31. The van der Waals surface area contributed by atoms with Gasteiger partial charge >= 0.3 is 5.97 Å². The molecule has 1 heterocycles. The molecule has 0 fully saturated rings. The van der Waals surface area contributed by atoms with Crippen LogP contribution in [0.3, 0.4) is 0 Å². The predicted molar refractivity (Wildman–Crippen MR) is 106 cm³/mol. The van der Waals surface area contributed by atoms with E-state index in [1.165, 1.54) is 5.57 Å². The van der Waals surface area contributed by atoms with Crippen molar-refractivity contribution < 1.29 is 13.7 Å². The van der Waals surface area contributed by atoms with Crippen molar-refractivity contribution in [2.24, 2.45) is 5.92 Å². The van der Waals surface area contributed by atoms with Crippen LogP contribution in [-0.2, 0) is 20.5 Å². The van der Waals surface area contributed by atoms with Gasteiger partial charge in [-0.1, -0.05) is 24.6 Å². The smallest absolute Gasteiger partial charge is 0.335 e. The maximum Gasteiger partial charge on any atom is 0.335 e. The number of carbonyl (C=O) groups is 1. The molecular formula is C20H35NO3S. The average Bonchev–Trinajstić information content (AvgIpc) is 2.88. The van der Waals surface area contributed by atoms with E-state index in [4.69, 9.17) is 4.74 Å². The summed E-state index contributed by atoms with van der Waals surface area (Å²) in [5, 5.41) is 0. The molecule has 25 heavy (non-hydrogen) atoms. The first kappa shape index (κ1) is 22.1. The second kappa shape index (κ2) is 9.67. The molecule has 0 N–H and O–H groups in total. The first-order chi connectivity index (χ1) is 11.6. The number of nitrogens with zero attached hydrogens (tertiary/aromatic N) is 1. The maximum absolute atomic E-state index is 12.9. The molecule has 0 bridgehead atoms. The minimum absolute atomic E-state index is 0.124. The summed E-state index contributed by atoms with van der Waals surface area (Å²) in [6, 6.07) is -0.124. The Morgan fingerprint density at radius 2 is 2.08 bits per heavy atom. The largest absolute Gasteiger partial charge is 0.463 e. The molecule has 5 heteroatoms. The molecule has 1 aliphatic heterocycles. The third-order valence-corrected chi connectivity index (χ3v) is 6.16. The lowest BCUT2D eigenvalue weighted by molar-refractivity contribution is -0.138. The van der Waals surface area contributed by atoms with E-state index in [1.54, 1.807) is 0 Å². The summed E-state index contributed by atoms with van der Waals surface area (Å²) in [5.74, 6) is 0.174. The van der Waals surface area contributed by atoms with Crippen molar-refractivity contribution >= 4 is 17.0 Å². The van der Waals surface area contributed by atoms with E-state index in [0.717, 1.165) is 19.3 Å². The molecule has 144 valence electrons. The Balaban J connectivity index is 2.89. The van der Waals surface area contributed by atoms with Gasteiger partial charge in [-0.25, -0.2) is 13.3 Å². The Kier molecular flexibility index (Phi) is 8.55. The number of esters is 1. The van der Waals surface area contributed by atoms with E-state index in [2.05, 4.69) is 26.8 Å². The number of hydrogen-bond donors (Lipinski definition) is 0. The van der Waals surface area contributed by atoms with Crippen molar-refractivity contribution in [2.45, 2.75) is 78.5 Å². The quantitative estimate of drug-likeness (QED) is 0.471. The molecule has 0 radical (unpaired) electrons. The van der Waals surface area contributed by atoms with Crippen LogP contribution < -0.4 is 0 Å². The van der Waals surface area contributed by atoms with Crippen molar-refractivity contribution in [3.63, 3.8) is 0 Å². The Hall–Kier alpha value is -0.940. The zero-order valence-corrected chi connectivity index (χ0v) is 17.7. The molecule has 0 saturated heterocycles. The minimum atomic E-state index is -1.15. The molecule has 0 amide bonds. The number of allylic oxidation sites excluding steroid dienone is 2. The fourth-order valence-corrected chi connectivity index (χ4v) is 4.32. The molecule has 0 aromatic heterocycles. The molecule has 3 atom stereocenters. The van der Waals surface area contributed by atoms with Crippen molar-refractivity contribution in [3.05, 3.63) is 23.3 Å². The molecule has 0 unspecified atom stereocenters. The molecule has 0 aliphatic carbocycles. The second-order valence-electron chi connectivity index (χ2n) is 8.06. The average molecular weight is 370 g/mol. The van der Waals surface area contributed by atoms with E-state index in [-0.39, 0.29) is 16.8 Å². The van der Waals surface area contributed by atoms with Gasteiger partial charge in [0, 0.05) is 6.54 Å². The Bertz CT molecular complexity index is 542. The van der Waals surface area contributed by atoms with Crippen LogP contribution in [0.15, 0.2) is 23.3 Å². The van der Waals surface area contributed by atoms with Gasteiger partial charge in [0.15, 0.2) is 0 Å². The normalized spacial score (nSPS) is 20.8. The van der Waals surface area contributed by atoms with Gasteiger partial charge in [0.25, 0.3) is 0 Å². The first-order valence-corrected chi connectivity index (χ1v) is 10.4. The van der Waals surface area contributed by atoms with Gasteiger partial charge in [-0.05, 0) is 66.7 Å². The van der Waals surface area contributed by atoms with Crippen LogP contribution in [0.4, 0.5) is 0 Å². The number of carbonyl (C=O) groups excluding carboxylic acids is 1. The predicted octanol–water partition coefficient (Wildman–Crippen LogP) is 4.39. The fourth-order valence-electron chi connectivity index (χ4n) is 2.98. The van der Waals surface area contributed by atoms with Gasteiger partial charge in [-0.15, -0.1) is 0 Å². The summed E-state index contributed by atoms with van der Waals surface area (Å²) in [6.07, 6.45) is 7.07. The third kappa shape index (κ3) is 6.70. The van der Waals surface area contributed by atoms with Gasteiger partial charge in [0.1, 0.15) is 11.0 Å². The van der Waals surface area contributed by atoms with Crippen LogP contribution in [0.25, 0.3) is 0 Å². The summed E-state index contributed by atoms with van der Waals surface area (Å²) in [6.45, 7) is 15.1. The molecule has 0 aromatic carbocycles. The van der Waals surface area contributed by atoms with Crippen molar-refractivity contribution in [2.75, 3.05) is 13.2 Å². The van der Waals surface area contributed by atoms with Crippen LogP contribution in [0.1, 0.15) is 67.7 Å². The summed E-state index contributed by atoms with van der Waals surface area (Å²) >= 11 is 0. The van der Waals surface area contributed by atoms with Crippen molar-refractivity contribution in [3.8, 4) is 0 Å². The highest BCUT2D eigenvalue weighted by atomic mass is 32.2. The summed E-state index contributed by atoms with van der Waals surface area (Å²) in [7, 11) is -1.15. The van der Waals surface area contributed by atoms with E-state index in [9.17, 15) is 9.00 Å². The molecule has 1 aliphatic rings. The summed E-state index contributed by atoms with van der Waals surface area (Å²) in [5.41, 5.74) is 2.00. The molecular weight excluding hydrogens is 334 g/mol. The minimum Gasteiger partial charge on any atom is -0.463 e. The van der Waals surface area contributed by atoms with Crippen LogP contribution in [-0.4, -0.2) is 38.4 Å². The number of ether oxygens (including phenoxy) is 1. The standard InChI is InChI=1S/C20H35NO3S/c1-8-24-19(22)17-12-13-21(25(23)20(5,6)7)18(17)14-16(4)11-9-10-15(2)3/h10,12,16,18H,8-9,11,13-14H2,1-7H3/t16-,18+,25-/m0/s1. The monoisotopic (exact) mass is 369 g/mol. The van der Waals surface area contributed by atoms with Crippen LogP contribution in [0, 0.1) is 5.92 Å². The van der Waals surface area contributed by atoms with E-state index in [1.807, 2.05) is 38.1 Å². The highest BCUT2D eigenvalue weighted by Gasteiger charge is 2.39. The molecule has 0 spiro atoms. The Labute approximate surface area is 156 Å². The van der Waals surface area contributed by atoms with Crippen molar-refractivity contribution in [1.82, 2.24) is 4.31 Å². The fraction of sp³-hybridized carbons (Fsp3) is 0.750. The van der Waals surface area contributed by atoms with Gasteiger partial charge in [-0.3, -0.25) is 0 Å². The lowest BCUT2D eigenvalue weighted by atomic mass is 9.93. The number of rotatable bonds is 8. The lowest BCUT2D eigenvalue weighted by Crippen LogP contribution is -2.43. The Morgan fingerprint density at radius 1 is 1.44 bits per heavy atom. The topological polar surface area (TPSA) is 46.6 Å². The van der Waals surface area contributed by atoms with Gasteiger partial charge in [-0.2, -0.15) is 0 Å². The van der Waals surface area contributed by atoms with Crippen molar-refractivity contribution in [1.29, 1.82) is 0 Å². The number of hydrogen-bond acceptors (Lipinski definition) is 3. The van der Waals surface area contributed by atoms with E-state index in [0.29, 0.717) is 24.6 Å². The maximum atomic E-state index is 12.9. The van der Waals surface area contributed by atoms with E-state index >= 15 is 0 Å². The SMILES string of the molecule is CCOC(=O)C1=CCN([S@@](=O)C(C)(C)C)[C@@H]1C[C@@H](C)CCC=C(C)C. The van der Waals surface area contributed by atoms with Gasteiger partial charge < -0.3 is 4.74 Å². The van der Waals surface area contributed by atoms with Gasteiger partial charge in [0.05, 0.1) is 23.0 Å². The summed E-state index contributed by atoms with van der Waals surface area (Å²) < 4.78 is 19.8. The Morgan fingerprint density at radius 3 is 2.60 bits per heavy atom. The highest BCUT2D eigenvalue weighted by molar-refractivity contribution is 7.84. The zero-order valence-electron chi connectivity index (χ0n) is 16.9. The molecule has 0 aromatic rings. The first-order valence-electron chi connectivity index (χ1n) is 9.27. The third-order valence-electron chi connectivity index (χ3n) is 4.28. The van der Waals surface area contributed by atoms with E-state index < -0.39 is 11.0 Å². The lowest BCUT2D eigenvalue weighted by Gasteiger charge is -2.32. The molecule has 4 nitrogen and oxygen atoms in total.